The van der Waals surface area contributed by atoms with Gasteiger partial charge in [0.2, 0.25) is 0 Å². The van der Waals surface area contributed by atoms with E-state index in [9.17, 15) is 9.59 Å². The predicted molar refractivity (Wildman–Crippen MR) is 145 cm³/mol. The number of amides is 1. The number of hydrogen-bond donors (Lipinski definition) is 1. The van der Waals surface area contributed by atoms with Gasteiger partial charge in [-0.2, -0.15) is 0 Å². The van der Waals surface area contributed by atoms with Crippen LogP contribution in [0.3, 0.4) is 0 Å². The first-order valence-corrected chi connectivity index (χ1v) is 13.4. The van der Waals surface area contributed by atoms with Gasteiger partial charge in [0.15, 0.2) is 5.78 Å². The lowest BCUT2D eigenvalue weighted by atomic mass is 9.80. The molecule has 4 nitrogen and oxygen atoms in total. The zero-order valence-corrected chi connectivity index (χ0v) is 21.0. The zero-order chi connectivity index (χ0) is 24.7. The van der Waals surface area contributed by atoms with Gasteiger partial charge in [0, 0.05) is 23.6 Å². The molecule has 186 valence electrons. The van der Waals surface area contributed by atoms with Crippen LogP contribution in [0.4, 0.5) is 0 Å². The Balaban J connectivity index is 1.10. The molecule has 1 fully saturated rings. The molecule has 0 spiro atoms. The largest absolute Gasteiger partial charge is 0.352 e. The molecule has 1 aliphatic heterocycles. The molecule has 1 amide bonds. The van der Waals surface area contributed by atoms with Crippen molar-refractivity contribution in [2.75, 3.05) is 26.2 Å². The van der Waals surface area contributed by atoms with Crippen molar-refractivity contribution in [1.29, 1.82) is 0 Å². The predicted octanol–water partition coefficient (Wildman–Crippen LogP) is 5.67. The zero-order valence-electron chi connectivity index (χ0n) is 21.0. The maximum atomic E-state index is 13.2. The van der Waals surface area contributed by atoms with Crippen LogP contribution in [-0.4, -0.2) is 42.8 Å². The second-order valence-corrected chi connectivity index (χ2v) is 10.3. The van der Waals surface area contributed by atoms with E-state index in [0.29, 0.717) is 18.0 Å². The highest BCUT2D eigenvalue weighted by Crippen LogP contribution is 2.31. The highest BCUT2D eigenvalue weighted by molar-refractivity contribution is 6.02. The number of fused-ring (bicyclic) bond motifs is 1. The van der Waals surface area contributed by atoms with Crippen LogP contribution in [0.1, 0.15) is 69.0 Å². The van der Waals surface area contributed by atoms with E-state index in [2.05, 4.69) is 52.7 Å². The second kappa shape index (κ2) is 11.7. The number of rotatable bonds is 8. The standard InChI is InChI=1S/C32H36N2O2/c35-31-27(18-22-34-20-16-26(17-21-34)25-9-5-2-6-10-25)11-12-28-23-29(13-14-30(28)31)32(36)33-19-15-24-7-3-1-4-8-24/h1-10,13-14,23,26-27H,11-12,15-22H2,(H,33,36). The number of likely N-dealkylation sites (tertiary alicyclic amines) is 1. The molecule has 0 bridgehead atoms. The topological polar surface area (TPSA) is 49.4 Å². The summed E-state index contributed by atoms with van der Waals surface area (Å²) in [6.07, 6.45) is 5.87. The van der Waals surface area contributed by atoms with Crippen molar-refractivity contribution in [2.24, 2.45) is 5.92 Å². The maximum absolute atomic E-state index is 13.2. The van der Waals surface area contributed by atoms with Crippen molar-refractivity contribution in [2.45, 2.75) is 44.4 Å². The van der Waals surface area contributed by atoms with Gasteiger partial charge in [-0.15, -0.1) is 0 Å². The summed E-state index contributed by atoms with van der Waals surface area (Å²) in [5, 5.41) is 3.01. The number of aryl methyl sites for hydroxylation is 1. The molecule has 3 aromatic carbocycles. The maximum Gasteiger partial charge on any atom is 0.251 e. The van der Waals surface area contributed by atoms with Crippen molar-refractivity contribution in [3.05, 3.63) is 107 Å². The monoisotopic (exact) mass is 480 g/mol. The summed E-state index contributed by atoms with van der Waals surface area (Å²) in [6.45, 7) is 3.82. The quantitative estimate of drug-likeness (QED) is 0.452. The minimum Gasteiger partial charge on any atom is -0.352 e. The normalized spacial score (nSPS) is 18.6. The molecule has 1 atom stereocenters. The lowest BCUT2D eigenvalue weighted by Crippen LogP contribution is -2.35. The highest BCUT2D eigenvalue weighted by atomic mass is 16.1. The summed E-state index contributed by atoms with van der Waals surface area (Å²) in [5.74, 6) is 0.943. The van der Waals surface area contributed by atoms with Gasteiger partial charge >= 0.3 is 0 Å². The van der Waals surface area contributed by atoms with Crippen LogP contribution < -0.4 is 5.32 Å². The third kappa shape index (κ3) is 5.93. The van der Waals surface area contributed by atoms with Crippen LogP contribution in [0, 0.1) is 5.92 Å². The first kappa shape index (κ1) is 24.5. The van der Waals surface area contributed by atoms with E-state index < -0.39 is 0 Å². The fourth-order valence-electron chi connectivity index (χ4n) is 5.76. The minimum atomic E-state index is -0.0674. The van der Waals surface area contributed by atoms with E-state index in [1.807, 2.05) is 36.4 Å². The van der Waals surface area contributed by atoms with Gasteiger partial charge in [0.05, 0.1) is 0 Å². The molecule has 1 aliphatic carbocycles. The molecule has 1 N–H and O–H groups in total. The van der Waals surface area contributed by atoms with Crippen molar-refractivity contribution < 1.29 is 9.59 Å². The molecule has 2 aliphatic rings. The molecule has 1 heterocycles. The van der Waals surface area contributed by atoms with E-state index in [1.54, 1.807) is 0 Å². The van der Waals surface area contributed by atoms with E-state index >= 15 is 0 Å². The van der Waals surface area contributed by atoms with Gasteiger partial charge in [-0.1, -0.05) is 66.7 Å². The Morgan fingerprint density at radius 1 is 0.889 bits per heavy atom. The number of benzene rings is 3. The Morgan fingerprint density at radius 3 is 2.36 bits per heavy atom. The summed E-state index contributed by atoms with van der Waals surface area (Å²) in [5.41, 5.74) is 5.15. The third-order valence-electron chi connectivity index (χ3n) is 7.96. The Kier molecular flexibility index (Phi) is 7.92. The second-order valence-electron chi connectivity index (χ2n) is 10.3. The molecule has 3 aromatic rings. The summed E-state index contributed by atoms with van der Waals surface area (Å²) in [6, 6.07) is 26.6. The van der Waals surface area contributed by atoms with Crippen molar-refractivity contribution in [3.63, 3.8) is 0 Å². The fourth-order valence-corrected chi connectivity index (χ4v) is 5.76. The summed E-state index contributed by atoms with van der Waals surface area (Å²) in [7, 11) is 0. The number of carbonyl (C=O) groups is 2. The smallest absolute Gasteiger partial charge is 0.251 e. The van der Waals surface area contributed by atoms with Crippen LogP contribution in [0.2, 0.25) is 0 Å². The number of hydrogen-bond acceptors (Lipinski definition) is 3. The first-order chi connectivity index (χ1) is 17.7. The molecule has 4 heteroatoms. The summed E-state index contributed by atoms with van der Waals surface area (Å²) >= 11 is 0. The van der Waals surface area contributed by atoms with Gasteiger partial charge in [-0.05, 0) is 92.9 Å². The molecule has 0 aromatic heterocycles. The summed E-state index contributed by atoms with van der Waals surface area (Å²) < 4.78 is 0. The summed E-state index contributed by atoms with van der Waals surface area (Å²) in [4.78, 5) is 28.4. The molecule has 0 radical (unpaired) electrons. The van der Waals surface area contributed by atoms with Gasteiger partial charge in [-0.3, -0.25) is 9.59 Å². The Bertz CT molecular complexity index is 1170. The average molecular weight is 481 g/mol. The number of carbonyl (C=O) groups excluding carboxylic acids is 2. The van der Waals surface area contributed by atoms with Crippen LogP contribution in [0.25, 0.3) is 0 Å². The van der Waals surface area contributed by atoms with E-state index in [4.69, 9.17) is 0 Å². The molecule has 36 heavy (non-hydrogen) atoms. The lowest BCUT2D eigenvalue weighted by Gasteiger charge is -2.33. The van der Waals surface area contributed by atoms with Crippen LogP contribution in [-0.2, 0) is 12.8 Å². The number of nitrogens with one attached hydrogen (secondary N) is 1. The number of piperidine rings is 1. The first-order valence-electron chi connectivity index (χ1n) is 13.4. The van der Waals surface area contributed by atoms with Crippen LogP contribution in [0.5, 0.6) is 0 Å². The molecular formula is C32H36N2O2. The molecule has 0 saturated carbocycles. The Morgan fingerprint density at radius 2 is 1.61 bits per heavy atom. The fraction of sp³-hybridized carbons (Fsp3) is 0.375. The van der Waals surface area contributed by atoms with Crippen LogP contribution in [0.15, 0.2) is 78.9 Å². The van der Waals surface area contributed by atoms with Gasteiger partial charge < -0.3 is 10.2 Å². The van der Waals surface area contributed by atoms with E-state index in [-0.39, 0.29) is 17.6 Å². The van der Waals surface area contributed by atoms with Crippen LogP contribution >= 0.6 is 0 Å². The number of Topliss-reactive ketones (excluding diaryl/α,β-unsaturated/α-hetero) is 1. The molecule has 1 saturated heterocycles. The number of ketones is 1. The molecule has 5 rings (SSSR count). The lowest BCUT2D eigenvalue weighted by molar-refractivity contribution is 0.0875. The molecular weight excluding hydrogens is 444 g/mol. The van der Waals surface area contributed by atoms with Gasteiger partial charge in [0.25, 0.3) is 5.91 Å². The van der Waals surface area contributed by atoms with Gasteiger partial charge in [0.1, 0.15) is 0 Å². The van der Waals surface area contributed by atoms with Crippen molar-refractivity contribution in [1.82, 2.24) is 10.2 Å². The average Bonchev–Trinajstić information content (AvgIpc) is 2.94. The van der Waals surface area contributed by atoms with Crippen molar-refractivity contribution in [3.8, 4) is 0 Å². The van der Waals surface area contributed by atoms with E-state index in [0.717, 1.165) is 56.4 Å². The van der Waals surface area contributed by atoms with Crippen molar-refractivity contribution >= 4 is 11.7 Å². The highest BCUT2D eigenvalue weighted by Gasteiger charge is 2.29. The molecule has 1 unspecified atom stereocenters. The third-order valence-corrected chi connectivity index (χ3v) is 7.96. The number of nitrogens with zero attached hydrogens (tertiary/aromatic N) is 1. The minimum absolute atomic E-state index is 0.0674. The Hall–Kier alpha value is -3.24. The van der Waals surface area contributed by atoms with Gasteiger partial charge in [-0.25, -0.2) is 0 Å². The SMILES string of the molecule is O=C(NCCc1ccccc1)c1ccc2c(c1)CCC(CCN1CCC(c3ccccc3)CC1)C2=O. The van der Waals surface area contributed by atoms with E-state index in [1.165, 1.54) is 24.0 Å². The Labute approximate surface area is 214 Å².